The van der Waals surface area contributed by atoms with Crippen LogP contribution >= 0.6 is 0 Å². The molecule has 102 valence electrons. The first kappa shape index (κ1) is 14.5. The topological polar surface area (TPSA) is 87.4 Å². The molecule has 0 aliphatic carbocycles. The number of urea groups is 1. The third kappa shape index (κ3) is 4.03. The lowest BCUT2D eigenvalue weighted by Gasteiger charge is -2.27. The summed E-state index contributed by atoms with van der Waals surface area (Å²) < 4.78 is 5.02. The molecule has 18 heavy (non-hydrogen) atoms. The molecule has 0 aromatic carbocycles. The molecule has 1 atom stereocenters. The number of carbonyl (C=O) groups excluding carboxylic acids is 1. The molecule has 1 unspecified atom stereocenters. The molecule has 3 N–H and O–H groups in total. The van der Waals surface area contributed by atoms with E-state index >= 15 is 0 Å². The average Bonchev–Trinajstić information content (AvgIpc) is 2.69. The van der Waals surface area contributed by atoms with Gasteiger partial charge in [-0.1, -0.05) is 13.8 Å². The van der Waals surface area contributed by atoms with Gasteiger partial charge in [0.25, 0.3) is 0 Å². The minimum Gasteiger partial charge on any atom is -0.448 e. The second-order valence-electron chi connectivity index (χ2n) is 4.90. The Balaban J connectivity index is 2.33. The molecule has 6 heteroatoms. The first-order valence-electron chi connectivity index (χ1n) is 5.96. The molecule has 0 spiro atoms. The largest absolute Gasteiger partial charge is 0.448 e. The van der Waals surface area contributed by atoms with Crippen LogP contribution in [0, 0.1) is 12.8 Å². The van der Waals surface area contributed by atoms with E-state index in [9.17, 15) is 9.90 Å². The first-order valence-corrected chi connectivity index (χ1v) is 5.96. The van der Waals surface area contributed by atoms with E-state index in [1.807, 2.05) is 13.8 Å². The lowest BCUT2D eigenvalue weighted by Crippen LogP contribution is -2.47. The zero-order chi connectivity index (χ0) is 13.8. The van der Waals surface area contributed by atoms with Crippen molar-refractivity contribution in [3.05, 3.63) is 17.8 Å². The minimum atomic E-state index is -0.916. The molecule has 0 aliphatic rings. The average molecular weight is 255 g/mol. The summed E-state index contributed by atoms with van der Waals surface area (Å²) in [5.74, 6) is 0.750. The van der Waals surface area contributed by atoms with E-state index in [4.69, 9.17) is 4.42 Å². The predicted molar refractivity (Wildman–Crippen MR) is 66.9 cm³/mol. The van der Waals surface area contributed by atoms with Gasteiger partial charge in [-0.3, -0.25) is 0 Å². The fourth-order valence-electron chi connectivity index (χ4n) is 1.19. The summed E-state index contributed by atoms with van der Waals surface area (Å²) in [5, 5.41) is 15.2. The highest BCUT2D eigenvalue weighted by Gasteiger charge is 2.25. The number of nitrogens with one attached hydrogen (secondary N) is 2. The molecule has 0 radical (unpaired) electrons. The molecule has 1 rings (SSSR count). The zero-order valence-corrected chi connectivity index (χ0v) is 11.3. The van der Waals surface area contributed by atoms with E-state index in [1.54, 1.807) is 13.8 Å². The van der Waals surface area contributed by atoms with E-state index in [0.717, 1.165) is 0 Å². The van der Waals surface area contributed by atoms with Gasteiger partial charge in [-0.2, -0.15) is 0 Å². The number of carbonyl (C=O) groups is 1. The van der Waals surface area contributed by atoms with Gasteiger partial charge in [0.1, 0.15) is 11.5 Å². The quantitative estimate of drug-likeness (QED) is 0.737. The van der Waals surface area contributed by atoms with Crippen LogP contribution < -0.4 is 10.6 Å². The monoisotopic (exact) mass is 255 g/mol. The molecule has 0 fully saturated rings. The Hall–Kier alpha value is -1.56. The van der Waals surface area contributed by atoms with Gasteiger partial charge in [0.2, 0.25) is 0 Å². The van der Waals surface area contributed by atoms with Crippen LogP contribution in [0.3, 0.4) is 0 Å². The number of amides is 2. The maximum Gasteiger partial charge on any atom is 0.315 e. The van der Waals surface area contributed by atoms with Gasteiger partial charge < -0.3 is 20.2 Å². The number of aromatic nitrogens is 1. The van der Waals surface area contributed by atoms with Crippen molar-refractivity contribution in [2.24, 2.45) is 5.92 Å². The summed E-state index contributed by atoms with van der Waals surface area (Å²) in [4.78, 5) is 15.5. The summed E-state index contributed by atoms with van der Waals surface area (Å²) in [6.07, 6.45) is 1.34. The van der Waals surface area contributed by atoms with E-state index < -0.39 is 5.60 Å². The fraction of sp³-hybridized carbons (Fsp3) is 0.667. The van der Waals surface area contributed by atoms with E-state index in [2.05, 4.69) is 15.6 Å². The van der Waals surface area contributed by atoms with Gasteiger partial charge in [0.15, 0.2) is 6.39 Å². The number of oxazole rings is 1. The molecule has 1 aromatic heterocycles. The highest BCUT2D eigenvalue weighted by atomic mass is 16.3. The second kappa shape index (κ2) is 5.86. The Morgan fingerprint density at radius 3 is 2.72 bits per heavy atom. The summed E-state index contributed by atoms with van der Waals surface area (Å²) in [6, 6.07) is -0.335. The predicted octanol–water partition coefficient (Wildman–Crippen LogP) is 1.19. The summed E-state index contributed by atoms with van der Waals surface area (Å²) in [7, 11) is 0. The number of nitrogens with zero attached hydrogens (tertiary/aromatic N) is 1. The van der Waals surface area contributed by atoms with Crippen LogP contribution in [0.25, 0.3) is 0 Å². The smallest absolute Gasteiger partial charge is 0.315 e. The summed E-state index contributed by atoms with van der Waals surface area (Å²) >= 11 is 0. The van der Waals surface area contributed by atoms with Gasteiger partial charge in [-0.25, -0.2) is 9.78 Å². The molecule has 0 bridgehead atoms. The van der Waals surface area contributed by atoms with Crippen LogP contribution in [0.2, 0.25) is 0 Å². The van der Waals surface area contributed by atoms with Crippen LogP contribution in [-0.4, -0.2) is 28.3 Å². The normalized spacial score (nSPS) is 14.3. The Kier molecular flexibility index (Phi) is 4.72. The molecule has 1 heterocycles. The number of aryl methyl sites for hydroxylation is 1. The van der Waals surface area contributed by atoms with Crippen molar-refractivity contribution in [3.8, 4) is 0 Å². The van der Waals surface area contributed by atoms with Crippen LogP contribution in [-0.2, 0) is 6.54 Å². The van der Waals surface area contributed by atoms with Crippen LogP contribution in [0.4, 0.5) is 4.79 Å². The molecule has 0 saturated heterocycles. The lowest BCUT2D eigenvalue weighted by atomic mass is 9.93. The van der Waals surface area contributed by atoms with E-state index in [1.165, 1.54) is 6.39 Å². The number of rotatable bonds is 5. The van der Waals surface area contributed by atoms with E-state index in [0.29, 0.717) is 18.0 Å². The van der Waals surface area contributed by atoms with Gasteiger partial charge in [0.05, 0.1) is 12.1 Å². The van der Waals surface area contributed by atoms with Crippen molar-refractivity contribution in [1.29, 1.82) is 0 Å². The standard InChI is InChI=1S/C12H21N3O3/c1-8(2)12(4,17)6-14-11(16)13-5-10-9(3)18-7-15-10/h7-8,17H,5-6H2,1-4H3,(H2,13,14,16). The number of aliphatic hydroxyl groups is 1. The van der Waals surface area contributed by atoms with Crippen LogP contribution in [0.5, 0.6) is 0 Å². The molecular formula is C12H21N3O3. The van der Waals surface area contributed by atoms with Crippen molar-refractivity contribution in [2.45, 2.75) is 39.8 Å². The van der Waals surface area contributed by atoms with Crippen LogP contribution in [0.1, 0.15) is 32.2 Å². The van der Waals surface area contributed by atoms with Gasteiger partial charge in [-0.05, 0) is 19.8 Å². The Labute approximate surface area is 107 Å². The Morgan fingerprint density at radius 1 is 1.56 bits per heavy atom. The zero-order valence-electron chi connectivity index (χ0n) is 11.3. The van der Waals surface area contributed by atoms with E-state index in [-0.39, 0.29) is 18.5 Å². The third-order valence-electron chi connectivity index (χ3n) is 3.11. The number of hydrogen-bond acceptors (Lipinski definition) is 4. The SMILES string of the molecule is Cc1ocnc1CNC(=O)NCC(C)(O)C(C)C. The summed E-state index contributed by atoms with van der Waals surface area (Å²) in [5.41, 5.74) is -0.220. The minimum absolute atomic E-state index is 0.0654. The van der Waals surface area contributed by atoms with Crippen LogP contribution in [0.15, 0.2) is 10.8 Å². The van der Waals surface area contributed by atoms with Crippen molar-refractivity contribution in [3.63, 3.8) is 0 Å². The van der Waals surface area contributed by atoms with Gasteiger partial charge in [0, 0.05) is 6.54 Å². The maximum atomic E-state index is 11.5. The van der Waals surface area contributed by atoms with Gasteiger partial charge >= 0.3 is 6.03 Å². The third-order valence-corrected chi connectivity index (χ3v) is 3.11. The van der Waals surface area contributed by atoms with Gasteiger partial charge in [-0.15, -0.1) is 0 Å². The molecule has 2 amide bonds. The van der Waals surface area contributed by atoms with Crippen molar-refractivity contribution < 1.29 is 14.3 Å². The molecule has 0 saturated carbocycles. The lowest BCUT2D eigenvalue weighted by molar-refractivity contribution is 0.0166. The molecular weight excluding hydrogens is 234 g/mol. The number of hydrogen-bond donors (Lipinski definition) is 3. The molecule has 6 nitrogen and oxygen atoms in total. The highest BCUT2D eigenvalue weighted by Crippen LogP contribution is 2.14. The highest BCUT2D eigenvalue weighted by molar-refractivity contribution is 5.73. The van der Waals surface area contributed by atoms with Crippen molar-refractivity contribution in [2.75, 3.05) is 6.54 Å². The van der Waals surface area contributed by atoms with Crippen molar-refractivity contribution >= 4 is 6.03 Å². The first-order chi connectivity index (χ1) is 8.33. The van der Waals surface area contributed by atoms with Crippen molar-refractivity contribution in [1.82, 2.24) is 15.6 Å². The fourth-order valence-corrected chi connectivity index (χ4v) is 1.19. The second-order valence-corrected chi connectivity index (χ2v) is 4.90. The summed E-state index contributed by atoms with van der Waals surface area (Å²) in [6.45, 7) is 7.79. The Bertz CT molecular complexity index is 399. The molecule has 1 aromatic rings. The molecule has 0 aliphatic heterocycles. The Morgan fingerprint density at radius 2 is 2.22 bits per heavy atom. The maximum absolute atomic E-state index is 11.5.